The number of Topliss-reactive ketones (excluding diaryl/α,β-unsaturated/α-hetero) is 1. The van der Waals surface area contributed by atoms with Gasteiger partial charge in [0.05, 0.1) is 0 Å². The molecule has 6 nitrogen and oxygen atoms in total. The van der Waals surface area contributed by atoms with Crippen LogP contribution in [-0.4, -0.2) is 16.8 Å². The molecule has 0 bridgehead atoms. The second-order valence-electron chi connectivity index (χ2n) is 5.74. The number of nitrogen functional groups attached to an aromatic ring is 1. The summed E-state index contributed by atoms with van der Waals surface area (Å²) in [5.74, 6) is 0.271. The molecule has 6 heteroatoms. The highest BCUT2D eigenvalue weighted by atomic mass is 16.2. The van der Waals surface area contributed by atoms with Crippen molar-refractivity contribution in [3.8, 4) is 11.1 Å². The highest BCUT2D eigenvalue weighted by molar-refractivity contribution is 6.00. The number of amides is 2. The molecule has 130 valence electrons. The summed E-state index contributed by atoms with van der Waals surface area (Å²) in [6, 6.07) is 17.7. The van der Waals surface area contributed by atoms with Gasteiger partial charge in [-0.1, -0.05) is 30.3 Å². The molecule has 4 N–H and O–H groups in total. The van der Waals surface area contributed by atoms with Crippen LogP contribution in [0.25, 0.3) is 11.1 Å². The number of hydrogen-bond donors (Lipinski definition) is 3. The molecule has 0 aliphatic carbocycles. The van der Waals surface area contributed by atoms with Crippen LogP contribution in [0.15, 0.2) is 66.9 Å². The molecule has 0 unspecified atom stereocenters. The number of ketones is 1. The zero-order chi connectivity index (χ0) is 18.5. The van der Waals surface area contributed by atoms with E-state index in [1.165, 1.54) is 13.1 Å². The van der Waals surface area contributed by atoms with Crippen LogP contribution < -0.4 is 16.4 Å². The van der Waals surface area contributed by atoms with Crippen molar-refractivity contribution in [2.75, 3.05) is 16.4 Å². The predicted molar refractivity (Wildman–Crippen MR) is 103 cm³/mol. The Morgan fingerprint density at radius 1 is 0.923 bits per heavy atom. The molecule has 0 aliphatic rings. The molecule has 0 atom stereocenters. The van der Waals surface area contributed by atoms with Crippen molar-refractivity contribution in [3.63, 3.8) is 0 Å². The van der Waals surface area contributed by atoms with E-state index in [2.05, 4.69) is 15.6 Å². The third-order valence-electron chi connectivity index (χ3n) is 3.81. The molecule has 3 aromatic rings. The maximum atomic E-state index is 12.0. The molecule has 2 amide bonds. The second kappa shape index (κ2) is 7.48. The third-order valence-corrected chi connectivity index (χ3v) is 3.81. The normalized spacial score (nSPS) is 10.2. The fraction of sp³-hybridized carbons (Fsp3) is 0.0500. The Kier molecular flexibility index (Phi) is 4.94. The zero-order valence-electron chi connectivity index (χ0n) is 14.2. The standard InChI is InChI=1S/C20H18N4O2/c1-13(25)15-11-18(19(21)22-12-15)14-7-9-17(10-8-14)24-20(26)23-16-5-3-2-4-6-16/h2-12H,1H3,(H2,21,22)(H2,23,24,26). The van der Waals surface area contributed by atoms with Gasteiger partial charge in [0.1, 0.15) is 5.82 Å². The van der Waals surface area contributed by atoms with E-state index in [1.54, 1.807) is 30.3 Å². The Hall–Kier alpha value is -3.67. The average molecular weight is 346 g/mol. The van der Waals surface area contributed by atoms with Crippen LogP contribution in [0.1, 0.15) is 17.3 Å². The van der Waals surface area contributed by atoms with Gasteiger partial charge in [-0.3, -0.25) is 4.79 Å². The molecule has 3 rings (SSSR count). The van der Waals surface area contributed by atoms with Crippen molar-refractivity contribution in [2.45, 2.75) is 6.92 Å². The van der Waals surface area contributed by atoms with Crippen molar-refractivity contribution in [1.29, 1.82) is 0 Å². The number of nitrogens with zero attached hydrogens (tertiary/aromatic N) is 1. The summed E-state index contributed by atoms with van der Waals surface area (Å²) in [7, 11) is 0. The molecule has 0 radical (unpaired) electrons. The van der Waals surface area contributed by atoms with Crippen molar-refractivity contribution in [3.05, 3.63) is 72.4 Å². The van der Waals surface area contributed by atoms with Crippen molar-refractivity contribution in [1.82, 2.24) is 4.98 Å². The van der Waals surface area contributed by atoms with E-state index in [0.717, 1.165) is 5.56 Å². The Morgan fingerprint density at radius 3 is 2.15 bits per heavy atom. The lowest BCUT2D eigenvalue weighted by Gasteiger charge is -2.10. The summed E-state index contributed by atoms with van der Waals surface area (Å²) in [5.41, 5.74) is 9.26. The fourth-order valence-electron chi connectivity index (χ4n) is 2.45. The lowest BCUT2D eigenvalue weighted by Crippen LogP contribution is -2.19. The summed E-state index contributed by atoms with van der Waals surface area (Å²) in [5, 5.41) is 5.51. The Labute approximate surface area is 151 Å². The molecule has 26 heavy (non-hydrogen) atoms. The summed E-state index contributed by atoms with van der Waals surface area (Å²) in [6.45, 7) is 1.48. The monoisotopic (exact) mass is 346 g/mol. The smallest absolute Gasteiger partial charge is 0.323 e. The van der Waals surface area contributed by atoms with Crippen molar-refractivity contribution in [2.24, 2.45) is 0 Å². The first-order chi connectivity index (χ1) is 12.5. The Bertz CT molecular complexity index is 938. The van der Waals surface area contributed by atoms with Crippen LogP contribution in [-0.2, 0) is 0 Å². The number of carbonyl (C=O) groups is 2. The van der Waals surface area contributed by atoms with Gasteiger partial charge in [0.2, 0.25) is 0 Å². The SMILES string of the molecule is CC(=O)c1cnc(N)c(-c2ccc(NC(=O)Nc3ccccc3)cc2)c1. The third kappa shape index (κ3) is 4.05. The fourth-order valence-corrected chi connectivity index (χ4v) is 2.45. The molecule has 0 saturated carbocycles. The first-order valence-electron chi connectivity index (χ1n) is 8.03. The van der Waals surface area contributed by atoms with E-state index in [9.17, 15) is 9.59 Å². The number of anilines is 3. The number of pyridine rings is 1. The van der Waals surface area contributed by atoms with Gasteiger partial charge in [-0.2, -0.15) is 0 Å². The van der Waals surface area contributed by atoms with Gasteiger partial charge in [-0.15, -0.1) is 0 Å². The highest BCUT2D eigenvalue weighted by Gasteiger charge is 2.09. The van der Waals surface area contributed by atoms with Gasteiger partial charge in [0.15, 0.2) is 5.78 Å². The first kappa shape index (κ1) is 17.2. The predicted octanol–water partition coefficient (Wildman–Crippen LogP) is 4.18. The number of nitrogens with two attached hydrogens (primary N) is 1. The number of hydrogen-bond acceptors (Lipinski definition) is 4. The van der Waals surface area contributed by atoms with E-state index < -0.39 is 0 Å². The first-order valence-corrected chi connectivity index (χ1v) is 8.03. The molecular weight excluding hydrogens is 328 g/mol. The summed E-state index contributed by atoms with van der Waals surface area (Å²) in [6.07, 6.45) is 1.46. The number of benzene rings is 2. The minimum atomic E-state index is -0.330. The largest absolute Gasteiger partial charge is 0.383 e. The summed E-state index contributed by atoms with van der Waals surface area (Å²) >= 11 is 0. The number of carbonyl (C=O) groups excluding carboxylic acids is 2. The van der Waals surface area contributed by atoms with E-state index in [1.807, 2.05) is 30.3 Å². The van der Waals surface area contributed by atoms with Crippen LogP contribution in [0, 0.1) is 0 Å². The van der Waals surface area contributed by atoms with Crippen LogP contribution in [0.4, 0.5) is 22.0 Å². The average Bonchev–Trinajstić information content (AvgIpc) is 2.63. The van der Waals surface area contributed by atoms with Crippen LogP contribution >= 0.6 is 0 Å². The minimum absolute atomic E-state index is 0.0744. The lowest BCUT2D eigenvalue weighted by atomic mass is 10.0. The van der Waals surface area contributed by atoms with Gasteiger partial charge in [-0.25, -0.2) is 9.78 Å². The van der Waals surface area contributed by atoms with Crippen LogP contribution in [0.2, 0.25) is 0 Å². The Balaban J connectivity index is 1.74. The number of urea groups is 1. The molecule has 0 aliphatic heterocycles. The number of nitrogens with one attached hydrogen (secondary N) is 2. The van der Waals surface area contributed by atoms with Gasteiger partial charge >= 0.3 is 6.03 Å². The molecule has 0 fully saturated rings. The number of rotatable bonds is 4. The van der Waals surface area contributed by atoms with Gasteiger partial charge in [0, 0.05) is 28.7 Å². The Morgan fingerprint density at radius 2 is 1.54 bits per heavy atom. The highest BCUT2D eigenvalue weighted by Crippen LogP contribution is 2.26. The molecule has 1 aromatic heterocycles. The van der Waals surface area contributed by atoms with E-state index in [4.69, 9.17) is 5.73 Å². The van der Waals surface area contributed by atoms with Crippen LogP contribution in [0.3, 0.4) is 0 Å². The van der Waals surface area contributed by atoms with E-state index >= 15 is 0 Å². The quantitative estimate of drug-likeness (QED) is 0.617. The molecule has 0 saturated heterocycles. The van der Waals surface area contributed by atoms with E-state index in [0.29, 0.717) is 28.3 Å². The second-order valence-corrected chi connectivity index (χ2v) is 5.74. The van der Waals surface area contributed by atoms with Crippen molar-refractivity contribution < 1.29 is 9.59 Å². The number of aromatic nitrogens is 1. The lowest BCUT2D eigenvalue weighted by molar-refractivity contribution is 0.101. The molecule has 2 aromatic carbocycles. The van der Waals surface area contributed by atoms with Crippen molar-refractivity contribution >= 4 is 29.0 Å². The maximum absolute atomic E-state index is 12.0. The number of para-hydroxylation sites is 1. The maximum Gasteiger partial charge on any atom is 0.323 e. The zero-order valence-corrected chi connectivity index (χ0v) is 14.2. The van der Waals surface area contributed by atoms with Gasteiger partial charge in [-0.05, 0) is 42.8 Å². The van der Waals surface area contributed by atoms with Gasteiger partial charge in [0.25, 0.3) is 0 Å². The van der Waals surface area contributed by atoms with E-state index in [-0.39, 0.29) is 11.8 Å². The molecule has 0 spiro atoms. The molecule has 1 heterocycles. The summed E-state index contributed by atoms with van der Waals surface area (Å²) in [4.78, 5) is 27.6. The molecular formula is C20H18N4O2. The van der Waals surface area contributed by atoms with Gasteiger partial charge < -0.3 is 16.4 Å². The van der Waals surface area contributed by atoms with Crippen LogP contribution in [0.5, 0.6) is 0 Å². The topological polar surface area (TPSA) is 97.1 Å². The minimum Gasteiger partial charge on any atom is -0.383 e. The summed E-state index contributed by atoms with van der Waals surface area (Å²) < 4.78 is 0.